The molecule has 1 heterocycles. The number of rotatable bonds is 1. The first-order valence-corrected chi connectivity index (χ1v) is 4.72. The van der Waals surface area contributed by atoms with Gasteiger partial charge in [-0.3, -0.25) is 4.79 Å². The van der Waals surface area contributed by atoms with E-state index in [1.54, 1.807) is 0 Å². The quantitative estimate of drug-likeness (QED) is 0.669. The predicted octanol–water partition coefficient (Wildman–Crippen LogP) is 2.59. The van der Waals surface area contributed by atoms with Gasteiger partial charge < -0.3 is 4.74 Å². The van der Waals surface area contributed by atoms with Gasteiger partial charge in [0, 0.05) is 12.0 Å². The second kappa shape index (κ2) is 3.61. The lowest BCUT2D eigenvalue weighted by atomic mass is 9.97. The van der Waals surface area contributed by atoms with E-state index in [-0.39, 0.29) is 11.9 Å². The zero-order chi connectivity index (χ0) is 11.0. The maximum Gasteiger partial charge on any atom is 0.306 e. The zero-order valence-corrected chi connectivity index (χ0v) is 8.17. The van der Waals surface area contributed by atoms with Crippen molar-refractivity contribution in [3.8, 4) is 0 Å². The summed E-state index contributed by atoms with van der Waals surface area (Å²) in [6.07, 6.45) is -0.231. The molecule has 0 saturated carbocycles. The monoisotopic (exact) mass is 212 g/mol. The Bertz CT molecular complexity index is 383. The van der Waals surface area contributed by atoms with Crippen molar-refractivity contribution in [1.29, 1.82) is 0 Å². The minimum Gasteiger partial charge on any atom is -0.457 e. The average Bonchev–Trinajstić information content (AvgIpc) is 2.43. The van der Waals surface area contributed by atoms with Gasteiger partial charge in [-0.05, 0) is 17.7 Å². The van der Waals surface area contributed by atoms with Crippen molar-refractivity contribution in [2.45, 2.75) is 19.4 Å². The fourth-order valence-electron chi connectivity index (χ4n) is 1.81. The number of hydrogen-bond donors (Lipinski definition) is 0. The third-order valence-corrected chi connectivity index (χ3v) is 2.48. The molecular formula is C11H10F2O2. The minimum atomic E-state index is -0.653. The summed E-state index contributed by atoms with van der Waals surface area (Å²) in [5.41, 5.74) is 0.380. The fraction of sp³-hybridized carbons (Fsp3) is 0.364. The molecule has 0 spiro atoms. The maximum absolute atomic E-state index is 12.9. The standard InChI is InChI=1S/C11H10F2O2/c1-6-2-10(14)15-11(6)7-3-8(12)5-9(13)4-7/h3-6,11H,2H2,1H3/t6-,11-/m1/s1. The van der Waals surface area contributed by atoms with Crippen LogP contribution in [-0.4, -0.2) is 5.97 Å². The molecule has 15 heavy (non-hydrogen) atoms. The third-order valence-electron chi connectivity index (χ3n) is 2.48. The number of ether oxygens (including phenoxy) is 1. The van der Waals surface area contributed by atoms with E-state index in [2.05, 4.69) is 0 Å². The van der Waals surface area contributed by atoms with Crippen molar-refractivity contribution >= 4 is 5.97 Å². The molecule has 1 aliphatic heterocycles. The van der Waals surface area contributed by atoms with Crippen molar-refractivity contribution in [3.63, 3.8) is 0 Å². The van der Waals surface area contributed by atoms with Gasteiger partial charge in [-0.15, -0.1) is 0 Å². The molecule has 1 aromatic rings. The van der Waals surface area contributed by atoms with Crippen LogP contribution in [0, 0.1) is 17.6 Å². The Morgan fingerprint density at radius 1 is 1.27 bits per heavy atom. The normalized spacial score (nSPS) is 25.4. The number of benzene rings is 1. The predicted molar refractivity (Wildman–Crippen MR) is 49.0 cm³/mol. The number of halogens is 2. The molecule has 2 atom stereocenters. The highest BCUT2D eigenvalue weighted by Gasteiger charge is 2.32. The number of cyclic esters (lactones) is 1. The van der Waals surface area contributed by atoms with E-state index in [4.69, 9.17) is 4.74 Å². The molecular weight excluding hydrogens is 202 g/mol. The lowest BCUT2D eigenvalue weighted by molar-refractivity contribution is -0.141. The van der Waals surface area contributed by atoms with Gasteiger partial charge in [0.15, 0.2) is 0 Å². The molecule has 0 bridgehead atoms. The summed E-state index contributed by atoms with van der Waals surface area (Å²) < 4.78 is 30.8. The number of esters is 1. The lowest BCUT2D eigenvalue weighted by Crippen LogP contribution is -2.05. The van der Waals surface area contributed by atoms with Gasteiger partial charge in [-0.25, -0.2) is 8.78 Å². The largest absolute Gasteiger partial charge is 0.457 e. The molecule has 2 nitrogen and oxygen atoms in total. The molecule has 2 rings (SSSR count). The molecule has 0 amide bonds. The highest BCUT2D eigenvalue weighted by atomic mass is 19.1. The zero-order valence-electron chi connectivity index (χ0n) is 8.17. The first-order valence-electron chi connectivity index (χ1n) is 4.72. The van der Waals surface area contributed by atoms with Crippen LogP contribution in [0.15, 0.2) is 18.2 Å². The summed E-state index contributed by atoms with van der Waals surface area (Å²) >= 11 is 0. The van der Waals surface area contributed by atoms with Crippen molar-refractivity contribution in [3.05, 3.63) is 35.4 Å². The van der Waals surface area contributed by atoms with Gasteiger partial charge in [0.05, 0.1) is 6.42 Å². The molecule has 0 aliphatic carbocycles. The van der Waals surface area contributed by atoms with E-state index < -0.39 is 17.7 Å². The minimum absolute atomic E-state index is 0.0429. The van der Waals surface area contributed by atoms with Crippen LogP contribution in [-0.2, 0) is 9.53 Å². The number of carbonyl (C=O) groups excluding carboxylic acids is 1. The first-order chi connectivity index (χ1) is 7.06. The van der Waals surface area contributed by atoms with Crippen molar-refractivity contribution in [2.75, 3.05) is 0 Å². The van der Waals surface area contributed by atoms with Gasteiger partial charge in [0.2, 0.25) is 0 Å². The van der Waals surface area contributed by atoms with Crippen LogP contribution >= 0.6 is 0 Å². The summed E-state index contributed by atoms with van der Waals surface area (Å²) in [4.78, 5) is 11.0. The highest BCUT2D eigenvalue weighted by molar-refractivity contribution is 5.72. The lowest BCUT2D eigenvalue weighted by Gasteiger charge is -2.14. The number of hydrogen-bond acceptors (Lipinski definition) is 2. The molecule has 1 fully saturated rings. The van der Waals surface area contributed by atoms with Crippen molar-refractivity contribution in [2.24, 2.45) is 5.92 Å². The number of carbonyl (C=O) groups is 1. The van der Waals surface area contributed by atoms with E-state index in [1.165, 1.54) is 12.1 Å². The maximum atomic E-state index is 12.9. The van der Waals surface area contributed by atoms with Crippen molar-refractivity contribution < 1.29 is 18.3 Å². The molecule has 1 saturated heterocycles. The second-order valence-electron chi connectivity index (χ2n) is 3.79. The summed E-state index contributed by atoms with van der Waals surface area (Å²) in [5, 5.41) is 0. The molecule has 0 N–H and O–H groups in total. The van der Waals surface area contributed by atoms with Crippen LogP contribution < -0.4 is 0 Å². The van der Waals surface area contributed by atoms with Gasteiger partial charge >= 0.3 is 5.97 Å². The van der Waals surface area contributed by atoms with Gasteiger partial charge in [-0.2, -0.15) is 0 Å². The Kier molecular flexibility index (Phi) is 2.42. The highest BCUT2D eigenvalue weighted by Crippen LogP contribution is 2.35. The van der Waals surface area contributed by atoms with E-state index >= 15 is 0 Å². The van der Waals surface area contributed by atoms with E-state index in [0.29, 0.717) is 12.0 Å². The fourth-order valence-corrected chi connectivity index (χ4v) is 1.81. The first kappa shape index (κ1) is 10.1. The topological polar surface area (TPSA) is 26.3 Å². The average molecular weight is 212 g/mol. The van der Waals surface area contributed by atoms with Crippen LogP contribution in [0.4, 0.5) is 8.78 Å². The molecule has 1 aromatic carbocycles. The molecule has 0 radical (unpaired) electrons. The van der Waals surface area contributed by atoms with E-state index in [0.717, 1.165) is 6.07 Å². The Balaban J connectivity index is 2.33. The van der Waals surface area contributed by atoms with Crippen LogP contribution in [0.2, 0.25) is 0 Å². The summed E-state index contributed by atoms with van der Waals surface area (Å²) in [5.74, 6) is -1.67. The smallest absolute Gasteiger partial charge is 0.306 e. The Labute approximate surface area is 85.9 Å². The van der Waals surface area contributed by atoms with Crippen molar-refractivity contribution in [1.82, 2.24) is 0 Å². The Hall–Kier alpha value is -1.45. The molecule has 0 unspecified atom stereocenters. The second-order valence-corrected chi connectivity index (χ2v) is 3.79. The summed E-state index contributed by atoms with van der Waals surface area (Å²) in [6, 6.07) is 3.19. The van der Waals surface area contributed by atoms with E-state index in [1.807, 2.05) is 6.92 Å². The van der Waals surface area contributed by atoms with Gasteiger partial charge in [-0.1, -0.05) is 6.92 Å². The molecule has 0 aromatic heterocycles. The van der Waals surface area contributed by atoms with Crippen LogP contribution in [0.1, 0.15) is 25.0 Å². The SMILES string of the molecule is C[C@@H]1CC(=O)O[C@H]1c1cc(F)cc(F)c1. The molecule has 1 aliphatic rings. The van der Waals surface area contributed by atoms with E-state index in [9.17, 15) is 13.6 Å². The van der Waals surface area contributed by atoms with Crippen LogP contribution in [0.5, 0.6) is 0 Å². The molecule has 80 valence electrons. The van der Waals surface area contributed by atoms with Crippen LogP contribution in [0.25, 0.3) is 0 Å². The van der Waals surface area contributed by atoms with Crippen LogP contribution in [0.3, 0.4) is 0 Å². The Morgan fingerprint density at radius 2 is 1.87 bits per heavy atom. The summed E-state index contributed by atoms with van der Waals surface area (Å²) in [6.45, 7) is 1.82. The summed E-state index contributed by atoms with van der Waals surface area (Å²) in [7, 11) is 0. The molecule has 4 heteroatoms. The van der Waals surface area contributed by atoms with Gasteiger partial charge in [0.25, 0.3) is 0 Å². The third kappa shape index (κ3) is 1.98. The Morgan fingerprint density at radius 3 is 2.33 bits per heavy atom. The van der Waals surface area contributed by atoms with Gasteiger partial charge in [0.1, 0.15) is 17.7 Å².